The Kier molecular flexibility index (Phi) is 33.0. The van der Waals surface area contributed by atoms with Gasteiger partial charge in [-0.2, -0.15) is 16.8 Å². The summed E-state index contributed by atoms with van der Waals surface area (Å²) in [6, 6.07) is 49.8. The van der Waals surface area contributed by atoms with Crippen molar-refractivity contribution >= 4 is 52.9 Å². The van der Waals surface area contributed by atoms with Crippen LogP contribution in [0.4, 0.5) is 0 Å². The minimum absolute atomic E-state index is 0.215. The van der Waals surface area contributed by atoms with Gasteiger partial charge in [-0.25, -0.2) is 0 Å². The molecule has 0 heterocycles. The largest absolute Gasteiger partial charge is 0.508 e. The molecule has 12 aliphatic carbocycles. The van der Waals surface area contributed by atoms with Crippen LogP contribution in [0.2, 0.25) is 0 Å². The van der Waals surface area contributed by atoms with Gasteiger partial charge in [0.1, 0.15) is 34.5 Å². The Bertz CT molecular complexity index is 3980. The average Bonchev–Trinajstić information content (AvgIpc) is 0.753. The van der Waals surface area contributed by atoms with Crippen molar-refractivity contribution in [1.82, 2.24) is 0 Å². The van der Waals surface area contributed by atoms with Crippen LogP contribution in [0.15, 0.2) is 162 Å². The number of phenolic OH excluding ortho intramolecular Hbond substituents is 2. The summed E-state index contributed by atoms with van der Waals surface area (Å²) < 4.78 is 77.9. The fourth-order valence-electron chi connectivity index (χ4n) is 21.0. The van der Waals surface area contributed by atoms with Gasteiger partial charge >= 0.3 is 0 Å². The lowest BCUT2D eigenvalue weighted by Crippen LogP contribution is -2.40. The summed E-state index contributed by atoms with van der Waals surface area (Å²) in [5, 5.41) is 46.7. The Morgan fingerprint density at radius 3 is 0.702 bits per heavy atom. The van der Waals surface area contributed by atoms with Gasteiger partial charge < -0.3 is 44.5 Å². The normalized spacial score (nSPS) is 23.8. The van der Waals surface area contributed by atoms with Crippen LogP contribution in [0.5, 0.6) is 34.5 Å². The first-order valence-electron chi connectivity index (χ1n) is 43.2. The fourth-order valence-corrected chi connectivity index (χ4v) is 22.3. The molecule has 5 N–H and O–H groups in total. The number of aliphatic hydroxyl groups excluding tert-OH is 3. The van der Waals surface area contributed by atoms with Crippen molar-refractivity contribution in [1.29, 1.82) is 0 Å². The van der Waals surface area contributed by atoms with Gasteiger partial charge in [0.15, 0.2) is 0 Å². The zero-order valence-electron chi connectivity index (χ0n) is 67.6. The van der Waals surface area contributed by atoms with Crippen LogP contribution in [0.25, 0.3) is 16.7 Å². The van der Waals surface area contributed by atoms with E-state index in [4.69, 9.17) is 42.6 Å². The van der Waals surface area contributed by atoms with Crippen molar-refractivity contribution in [2.75, 3.05) is 77.3 Å². The van der Waals surface area contributed by atoms with Crippen LogP contribution in [0.1, 0.15) is 226 Å². The third kappa shape index (κ3) is 25.3. The van der Waals surface area contributed by atoms with Crippen LogP contribution in [0.3, 0.4) is 0 Å². The summed E-state index contributed by atoms with van der Waals surface area (Å²) in [5.74, 6) is 13.9. The average molecular weight is 1670 g/mol. The van der Waals surface area contributed by atoms with Gasteiger partial charge in [0.2, 0.25) is 0 Å². The molecule has 18 rings (SSSR count). The Balaban J connectivity index is 0.000000156. The lowest BCUT2D eigenvalue weighted by atomic mass is 9.53. The molecule has 620 valence electrons. The maximum atomic E-state index is 11.1. The number of hydrogen-bond acceptors (Lipinski definition) is 15. The maximum absolute atomic E-state index is 11.1. The number of phenols is 2. The van der Waals surface area contributed by atoms with Gasteiger partial charge in [-0.3, -0.25) is 8.37 Å². The van der Waals surface area contributed by atoms with Gasteiger partial charge in [0.05, 0.1) is 52.2 Å². The number of aromatic hydroxyl groups is 2. The first-order valence-corrected chi connectivity index (χ1v) is 47.9. The molecule has 114 heavy (non-hydrogen) atoms. The number of hydrogen-bond donors (Lipinski definition) is 5. The fraction of sp³-hybridized carbons (Fsp3) is 0.562. The molecule has 0 unspecified atom stereocenters. The van der Waals surface area contributed by atoms with E-state index < -0.39 is 20.2 Å². The number of benzene rings is 6. The first kappa shape index (κ1) is 86.8. The summed E-state index contributed by atoms with van der Waals surface area (Å²) in [6.45, 7) is 3.83. The molecule has 6 aromatic rings. The smallest absolute Gasteiger partial charge is 0.264 e. The number of unbranched alkanes of at least 4 members (excludes halogenated alkanes) is 10. The van der Waals surface area contributed by atoms with E-state index in [1.165, 1.54) is 153 Å². The summed E-state index contributed by atoms with van der Waals surface area (Å²) in [5.41, 5.74) is 16.6. The zero-order valence-corrected chi connectivity index (χ0v) is 70.8. The van der Waals surface area contributed by atoms with Crippen molar-refractivity contribution in [3.05, 3.63) is 196 Å². The molecule has 0 radical (unpaired) electrons. The van der Waals surface area contributed by atoms with E-state index in [0.717, 1.165) is 165 Å². The van der Waals surface area contributed by atoms with Crippen molar-refractivity contribution in [2.24, 2.45) is 71.0 Å². The molecule has 6 aromatic carbocycles. The van der Waals surface area contributed by atoms with Crippen molar-refractivity contribution in [2.45, 2.75) is 193 Å². The Hall–Kier alpha value is -6.48. The van der Waals surface area contributed by atoms with E-state index in [0.29, 0.717) is 81.0 Å². The molecule has 12 bridgehead atoms. The van der Waals surface area contributed by atoms with Crippen LogP contribution in [-0.4, -0.2) is 120 Å². The zero-order chi connectivity index (χ0) is 79.8. The van der Waals surface area contributed by atoms with Gasteiger partial charge in [-0.15, -0.1) is 0 Å². The van der Waals surface area contributed by atoms with Crippen molar-refractivity contribution < 1.29 is 69.7 Å². The number of allylic oxidation sites excluding steroid dienone is 3. The van der Waals surface area contributed by atoms with Gasteiger partial charge in [0.25, 0.3) is 20.2 Å². The molecule has 0 atom stereocenters. The highest BCUT2D eigenvalue weighted by atomic mass is 79.9. The number of ether oxygens (including phenoxy) is 4. The van der Waals surface area contributed by atoms with E-state index >= 15 is 0 Å². The monoisotopic (exact) mass is 1660 g/mol. The molecule has 0 aromatic heterocycles. The van der Waals surface area contributed by atoms with E-state index in [1.54, 1.807) is 41.0 Å². The second kappa shape index (κ2) is 43.3. The SMILES string of the molecule is CS(=O)(=O)OCCCCCOc1ccc(C(=C2C3CC4CC(C3)CC2C4)c2ccc(OCCCCCOS(C)(=O)=O)cc2)cc1.OCCCCCBr.OCCCCCOc1ccc(C(=C2C3CC4CC(C3)CC2C4)c2ccc(OCCCCCO)cc2)cc1.Oc1ccc(C(=C2C3CC4CC(C3)CC2C4)c2ccc(O)cc2)cc1. The van der Waals surface area contributed by atoms with Crippen LogP contribution in [0, 0.1) is 71.0 Å². The summed E-state index contributed by atoms with van der Waals surface area (Å²) in [6.07, 6.45) is 36.3. The topological polar surface area (TPSA) is 225 Å². The van der Waals surface area contributed by atoms with E-state index in [1.807, 2.05) is 24.3 Å². The predicted octanol–water partition coefficient (Wildman–Crippen LogP) is 20.9. The molecular formula is C96H127BrO15S2. The maximum Gasteiger partial charge on any atom is 0.264 e. The Labute approximate surface area is 689 Å². The molecule has 0 amide bonds. The highest BCUT2D eigenvalue weighted by molar-refractivity contribution is 9.09. The highest BCUT2D eigenvalue weighted by Gasteiger charge is 2.49. The predicted molar refractivity (Wildman–Crippen MR) is 459 cm³/mol. The number of aliphatic hydroxyl groups is 3. The third-order valence-electron chi connectivity index (χ3n) is 25.4. The summed E-state index contributed by atoms with van der Waals surface area (Å²) >= 11 is 3.30. The molecule has 0 spiro atoms. The molecule has 0 saturated heterocycles. The Morgan fingerprint density at radius 2 is 0.491 bits per heavy atom. The quantitative estimate of drug-likeness (QED) is 0.0138. The summed E-state index contributed by atoms with van der Waals surface area (Å²) in [4.78, 5) is 0. The first-order chi connectivity index (χ1) is 55.4. The number of alkyl halides is 1. The number of rotatable bonds is 38. The molecule has 12 aliphatic rings. The van der Waals surface area contributed by atoms with Gasteiger partial charge in [-0.1, -0.05) is 112 Å². The van der Waals surface area contributed by atoms with Crippen LogP contribution < -0.4 is 18.9 Å². The van der Waals surface area contributed by atoms with Gasteiger partial charge in [-0.05, 0) is 380 Å². The standard InChI is InChI=1S/C35H48O8S2.C33H44O4.C23H24O2.C5H11BrO/c1-44(36,37)42-19-7-3-5-17-40-32-13-9-28(10-14-32)34(35-30-22-26-21-27(24-30)25-31(35)23-26)29-11-15-33(16-12-29)41-18-6-4-8-20-43-45(2,38)39;34-15-3-1-5-17-36-30-11-7-26(8-12-30)32(33-28-20-24-19-25(22-28)23-29(33)21-24)27-9-13-31(14-10-27)37-18-6-2-4-16-35;24-20-5-1-16(2-6-20)22(17-3-7-21(25)8-4-17)23-18-10-14-9-15(12-18)13-19(23)11-14;6-4-2-1-3-5-7/h9-16,26-27,30-31H,3-8,17-25H2,1-2H3;7-14,24-25,28-29,34-35H,1-6,15-23H2;1-8,14-15,18-19,24-25H,9-13H2;7H,1-5H2. The molecular weight excluding hydrogens is 1540 g/mol. The molecule has 12 fully saturated rings. The minimum atomic E-state index is -3.38. The van der Waals surface area contributed by atoms with E-state index in [2.05, 4.69) is 113 Å². The van der Waals surface area contributed by atoms with E-state index in [-0.39, 0.29) is 26.4 Å². The van der Waals surface area contributed by atoms with Gasteiger partial charge in [0, 0.05) is 25.2 Å². The second-order valence-electron chi connectivity index (χ2n) is 34.2. The van der Waals surface area contributed by atoms with E-state index in [9.17, 15) is 27.0 Å². The lowest BCUT2D eigenvalue weighted by molar-refractivity contribution is 0.0705. The minimum Gasteiger partial charge on any atom is -0.508 e. The lowest BCUT2D eigenvalue weighted by Gasteiger charge is -2.52. The molecule has 15 nitrogen and oxygen atoms in total. The highest BCUT2D eigenvalue weighted by Crippen LogP contribution is 2.62. The third-order valence-corrected chi connectivity index (χ3v) is 27.2. The van der Waals surface area contributed by atoms with Crippen LogP contribution >= 0.6 is 15.9 Å². The van der Waals surface area contributed by atoms with Crippen LogP contribution in [-0.2, 0) is 28.6 Å². The molecule has 0 aliphatic heterocycles. The van der Waals surface area contributed by atoms with Crippen molar-refractivity contribution in [3.63, 3.8) is 0 Å². The van der Waals surface area contributed by atoms with Crippen molar-refractivity contribution in [3.8, 4) is 34.5 Å². The Morgan fingerprint density at radius 1 is 0.289 bits per heavy atom. The summed E-state index contributed by atoms with van der Waals surface area (Å²) in [7, 11) is -6.76. The second-order valence-corrected chi connectivity index (χ2v) is 38.3. The molecule has 18 heteroatoms. The molecule has 12 saturated carbocycles. The number of halogens is 1.